The van der Waals surface area contributed by atoms with Crippen molar-refractivity contribution >= 4 is 11.7 Å². The Morgan fingerprint density at radius 3 is 2.47 bits per heavy atom. The molecule has 0 aliphatic carbocycles. The molecule has 1 aromatic heterocycles. The second-order valence-corrected chi connectivity index (χ2v) is 4.41. The predicted molar refractivity (Wildman–Crippen MR) is 65.6 cm³/mol. The summed E-state index contributed by atoms with van der Waals surface area (Å²) in [5.41, 5.74) is -0.801. The molecule has 19 heavy (non-hydrogen) atoms. The molecule has 0 radical (unpaired) electrons. The van der Waals surface area contributed by atoms with Gasteiger partial charge in [-0.25, -0.2) is 4.98 Å². The summed E-state index contributed by atoms with van der Waals surface area (Å²) in [7, 11) is 1.47. The Labute approximate surface area is 109 Å². The van der Waals surface area contributed by atoms with Gasteiger partial charge in [-0.15, -0.1) is 0 Å². The van der Waals surface area contributed by atoms with Gasteiger partial charge >= 0.3 is 6.18 Å². The van der Waals surface area contributed by atoms with Gasteiger partial charge in [-0.3, -0.25) is 4.79 Å². The van der Waals surface area contributed by atoms with Crippen LogP contribution in [-0.4, -0.2) is 24.0 Å². The topological polar surface area (TPSA) is 54.0 Å². The third-order valence-corrected chi connectivity index (χ3v) is 2.59. The highest BCUT2D eigenvalue weighted by atomic mass is 19.4. The lowest BCUT2D eigenvalue weighted by Gasteiger charge is -2.21. The Morgan fingerprint density at radius 2 is 2.00 bits per heavy atom. The Kier molecular flexibility index (Phi) is 4.74. The number of anilines is 1. The number of hydrogen-bond donors (Lipinski definition) is 2. The average molecular weight is 275 g/mol. The number of pyridine rings is 1. The van der Waals surface area contributed by atoms with Crippen LogP contribution < -0.4 is 10.6 Å². The number of halogens is 3. The van der Waals surface area contributed by atoms with Crippen LogP contribution in [0.2, 0.25) is 0 Å². The Hall–Kier alpha value is -1.79. The molecule has 0 saturated carbocycles. The second kappa shape index (κ2) is 5.90. The number of likely N-dealkylation sites (N-methyl/N-ethyl adjacent to an activating group) is 1. The molecule has 0 saturated heterocycles. The van der Waals surface area contributed by atoms with Crippen LogP contribution in [-0.2, 0) is 11.0 Å². The third-order valence-electron chi connectivity index (χ3n) is 2.59. The van der Waals surface area contributed by atoms with Gasteiger partial charge < -0.3 is 10.6 Å². The second-order valence-electron chi connectivity index (χ2n) is 4.41. The van der Waals surface area contributed by atoms with Crippen LogP contribution in [0.25, 0.3) is 0 Å². The highest BCUT2D eigenvalue weighted by molar-refractivity contribution is 5.84. The highest BCUT2D eigenvalue weighted by Crippen LogP contribution is 2.30. The van der Waals surface area contributed by atoms with Gasteiger partial charge in [0, 0.05) is 13.2 Å². The van der Waals surface area contributed by atoms with Crippen molar-refractivity contribution in [3.05, 3.63) is 23.9 Å². The maximum atomic E-state index is 12.6. The van der Waals surface area contributed by atoms with Crippen molar-refractivity contribution in [3.63, 3.8) is 0 Å². The molecule has 0 aromatic carbocycles. The number of carbonyl (C=O) groups is 1. The molecule has 0 aliphatic heterocycles. The lowest BCUT2D eigenvalue weighted by molar-refractivity contribution is -0.137. The zero-order valence-corrected chi connectivity index (χ0v) is 10.9. The molecule has 1 atom stereocenters. The number of nitrogens with zero attached hydrogens (tertiary/aromatic N) is 1. The van der Waals surface area contributed by atoms with E-state index in [0.717, 1.165) is 18.3 Å². The van der Waals surface area contributed by atoms with Gasteiger partial charge in [-0.1, -0.05) is 13.8 Å². The lowest BCUT2D eigenvalue weighted by Crippen LogP contribution is -2.41. The summed E-state index contributed by atoms with van der Waals surface area (Å²) in [6.07, 6.45) is -3.37. The first-order valence-electron chi connectivity index (χ1n) is 5.77. The van der Waals surface area contributed by atoms with Gasteiger partial charge in [0.1, 0.15) is 11.9 Å². The monoisotopic (exact) mass is 275 g/mol. The SMILES string of the molecule is CNC(=O)C(Nc1cc(C(F)(F)F)ccn1)C(C)C. The van der Waals surface area contributed by atoms with Gasteiger partial charge in [0.2, 0.25) is 5.91 Å². The first-order chi connectivity index (χ1) is 8.75. The highest BCUT2D eigenvalue weighted by Gasteiger charge is 2.31. The summed E-state index contributed by atoms with van der Waals surface area (Å²) < 4.78 is 37.7. The molecule has 1 aromatic rings. The van der Waals surface area contributed by atoms with Crippen LogP contribution in [0, 0.1) is 5.92 Å². The zero-order valence-electron chi connectivity index (χ0n) is 10.9. The smallest absolute Gasteiger partial charge is 0.358 e. The normalized spacial score (nSPS) is 13.2. The number of alkyl halides is 3. The molecule has 1 rings (SSSR count). The number of amides is 1. The van der Waals surface area contributed by atoms with Crippen LogP contribution in [0.5, 0.6) is 0 Å². The first-order valence-corrected chi connectivity index (χ1v) is 5.77. The van der Waals surface area contributed by atoms with E-state index in [1.807, 2.05) is 0 Å². The summed E-state index contributed by atoms with van der Waals surface area (Å²) >= 11 is 0. The molecule has 1 heterocycles. The van der Waals surface area contributed by atoms with Gasteiger partial charge in [-0.05, 0) is 18.1 Å². The maximum Gasteiger partial charge on any atom is 0.416 e. The fourth-order valence-electron chi connectivity index (χ4n) is 1.54. The van der Waals surface area contributed by atoms with Crippen molar-refractivity contribution < 1.29 is 18.0 Å². The van der Waals surface area contributed by atoms with E-state index < -0.39 is 17.8 Å². The Morgan fingerprint density at radius 1 is 1.37 bits per heavy atom. The molecule has 4 nitrogen and oxygen atoms in total. The van der Waals surface area contributed by atoms with Gasteiger partial charge in [0.05, 0.1) is 5.56 Å². The number of carbonyl (C=O) groups excluding carboxylic acids is 1. The molecule has 0 bridgehead atoms. The fourth-order valence-corrected chi connectivity index (χ4v) is 1.54. The van der Waals surface area contributed by atoms with E-state index >= 15 is 0 Å². The number of aromatic nitrogens is 1. The zero-order chi connectivity index (χ0) is 14.6. The van der Waals surface area contributed by atoms with E-state index in [1.54, 1.807) is 13.8 Å². The summed E-state index contributed by atoms with van der Waals surface area (Å²) in [4.78, 5) is 15.4. The van der Waals surface area contributed by atoms with E-state index in [-0.39, 0.29) is 17.6 Å². The van der Waals surface area contributed by atoms with Crippen LogP contribution >= 0.6 is 0 Å². The molecule has 1 unspecified atom stereocenters. The van der Waals surface area contributed by atoms with E-state index in [1.165, 1.54) is 7.05 Å². The van der Waals surface area contributed by atoms with Gasteiger partial charge in [0.15, 0.2) is 0 Å². The molecule has 1 amide bonds. The molecule has 7 heteroatoms. The van der Waals surface area contributed by atoms with E-state index in [9.17, 15) is 18.0 Å². The van der Waals surface area contributed by atoms with Crippen LogP contribution in [0.3, 0.4) is 0 Å². The van der Waals surface area contributed by atoms with E-state index in [2.05, 4.69) is 15.6 Å². The largest absolute Gasteiger partial charge is 0.416 e. The predicted octanol–water partition coefficient (Wildman–Crippen LogP) is 2.28. The Bertz CT molecular complexity index is 446. The molecule has 0 fully saturated rings. The summed E-state index contributed by atoms with van der Waals surface area (Å²) in [6, 6.07) is 1.13. The number of nitrogens with one attached hydrogen (secondary N) is 2. The number of rotatable bonds is 4. The average Bonchev–Trinajstić information content (AvgIpc) is 2.34. The van der Waals surface area contributed by atoms with E-state index in [0.29, 0.717) is 0 Å². The molecular formula is C12H16F3N3O. The minimum atomic E-state index is -4.43. The molecular weight excluding hydrogens is 259 g/mol. The number of hydrogen-bond acceptors (Lipinski definition) is 3. The van der Waals surface area contributed by atoms with E-state index in [4.69, 9.17) is 0 Å². The quantitative estimate of drug-likeness (QED) is 0.886. The van der Waals surface area contributed by atoms with Gasteiger partial charge in [0.25, 0.3) is 0 Å². The minimum Gasteiger partial charge on any atom is -0.358 e. The van der Waals surface area contributed by atoms with Crippen LogP contribution in [0.15, 0.2) is 18.3 Å². The third kappa shape index (κ3) is 4.11. The standard InChI is InChI=1S/C12H16F3N3O/c1-7(2)10(11(19)16-3)18-9-6-8(4-5-17-9)12(13,14)15/h4-7,10H,1-3H3,(H,16,19)(H,17,18). The minimum absolute atomic E-state index is 0.0251. The van der Waals surface area contributed by atoms with Crippen molar-refractivity contribution in [2.24, 2.45) is 5.92 Å². The van der Waals surface area contributed by atoms with Crippen molar-refractivity contribution in [1.82, 2.24) is 10.3 Å². The molecule has 0 aliphatic rings. The van der Waals surface area contributed by atoms with Crippen molar-refractivity contribution in [1.29, 1.82) is 0 Å². The van der Waals surface area contributed by atoms with Crippen molar-refractivity contribution in [2.45, 2.75) is 26.1 Å². The molecule has 106 valence electrons. The summed E-state index contributed by atoms with van der Waals surface area (Å²) in [6.45, 7) is 3.58. The van der Waals surface area contributed by atoms with Crippen molar-refractivity contribution in [2.75, 3.05) is 12.4 Å². The first kappa shape index (κ1) is 15.3. The van der Waals surface area contributed by atoms with Crippen LogP contribution in [0.4, 0.5) is 19.0 Å². The molecule has 0 spiro atoms. The Balaban J connectivity index is 2.95. The lowest BCUT2D eigenvalue weighted by atomic mass is 10.0. The summed E-state index contributed by atoms with van der Waals surface area (Å²) in [5.74, 6) is -0.359. The maximum absolute atomic E-state index is 12.6. The fraction of sp³-hybridized carbons (Fsp3) is 0.500. The van der Waals surface area contributed by atoms with Gasteiger partial charge in [-0.2, -0.15) is 13.2 Å². The molecule has 2 N–H and O–H groups in total. The summed E-state index contributed by atoms with van der Waals surface area (Å²) in [5, 5.41) is 5.18. The van der Waals surface area contributed by atoms with Crippen LogP contribution in [0.1, 0.15) is 19.4 Å². The van der Waals surface area contributed by atoms with Crippen molar-refractivity contribution in [3.8, 4) is 0 Å².